The Morgan fingerprint density at radius 2 is 1.92 bits per heavy atom. The van der Waals surface area contributed by atoms with E-state index in [1.807, 2.05) is 13.8 Å². The summed E-state index contributed by atoms with van der Waals surface area (Å²) in [5.41, 5.74) is 0.447. The number of hydrogen-bond donors (Lipinski definition) is 0. The van der Waals surface area contributed by atoms with Crippen LogP contribution in [0.4, 0.5) is 0 Å². The van der Waals surface area contributed by atoms with Crippen LogP contribution in [-0.4, -0.2) is 49.1 Å². The summed E-state index contributed by atoms with van der Waals surface area (Å²) in [7, 11) is 4.29. The predicted molar refractivity (Wildman–Crippen MR) is 92.4 cm³/mol. The second-order valence-electron chi connectivity index (χ2n) is 5.71. The molecule has 2 rings (SSSR count). The van der Waals surface area contributed by atoms with Gasteiger partial charge < -0.3 is 23.5 Å². The van der Waals surface area contributed by atoms with Crippen LogP contribution in [0.3, 0.4) is 0 Å². The minimum atomic E-state index is -0.598. The van der Waals surface area contributed by atoms with E-state index in [0.717, 1.165) is 0 Å². The first-order valence-corrected chi connectivity index (χ1v) is 7.97. The molecule has 0 atom stereocenters. The molecule has 0 aliphatic heterocycles. The molecule has 0 saturated heterocycles. The van der Waals surface area contributed by atoms with E-state index in [-0.39, 0.29) is 30.1 Å². The lowest BCUT2D eigenvalue weighted by molar-refractivity contribution is 0.0593. The molecule has 8 nitrogen and oxygen atoms in total. The highest BCUT2D eigenvalue weighted by Crippen LogP contribution is 2.27. The summed E-state index contributed by atoms with van der Waals surface area (Å²) in [6.07, 6.45) is 1.21. The maximum Gasteiger partial charge on any atom is 0.360 e. The summed E-state index contributed by atoms with van der Waals surface area (Å²) in [5, 5.41) is 0. The van der Waals surface area contributed by atoms with Gasteiger partial charge in [-0.25, -0.2) is 9.78 Å². The fourth-order valence-corrected chi connectivity index (χ4v) is 2.35. The molecule has 1 aromatic heterocycles. The van der Waals surface area contributed by atoms with E-state index in [2.05, 4.69) is 9.72 Å². The number of nitrogens with zero attached hydrogens (tertiary/aromatic N) is 2. The third-order valence-electron chi connectivity index (χ3n) is 3.78. The number of esters is 1. The van der Waals surface area contributed by atoms with Gasteiger partial charge in [0.15, 0.2) is 5.69 Å². The monoisotopic (exact) mass is 362 g/mol. The molecule has 0 spiro atoms. The maximum atomic E-state index is 13.0. The van der Waals surface area contributed by atoms with Crippen molar-refractivity contribution in [2.24, 2.45) is 0 Å². The number of carbonyl (C=O) groups is 2. The number of aromatic nitrogens is 1. The largest absolute Gasteiger partial charge is 0.497 e. The molecule has 8 heteroatoms. The van der Waals surface area contributed by atoms with Gasteiger partial charge in [0.25, 0.3) is 5.91 Å². The number of ether oxygens (including phenoxy) is 3. The van der Waals surface area contributed by atoms with Crippen LogP contribution in [0.5, 0.6) is 11.5 Å². The molecular weight excluding hydrogens is 340 g/mol. The smallest absolute Gasteiger partial charge is 0.360 e. The molecule has 140 valence electrons. The van der Waals surface area contributed by atoms with Crippen LogP contribution >= 0.6 is 0 Å². The summed E-state index contributed by atoms with van der Waals surface area (Å²) < 4.78 is 20.4. The van der Waals surface area contributed by atoms with Crippen molar-refractivity contribution in [3.05, 3.63) is 41.6 Å². The van der Waals surface area contributed by atoms with Crippen LogP contribution in [0.1, 0.15) is 40.6 Å². The Hall–Kier alpha value is -3.03. The number of rotatable bonds is 7. The van der Waals surface area contributed by atoms with Gasteiger partial charge in [0.1, 0.15) is 17.8 Å². The summed E-state index contributed by atoms with van der Waals surface area (Å²) in [6, 6.07) is 4.84. The molecule has 0 unspecified atom stereocenters. The molecule has 0 radical (unpaired) electrons. The van der Waals surface area contributed by atoms with Gasteiger partial charge in [-0.2, -0.15) is 0 Å². The van der Waals surface area contributed by atoms with Crippen LogP contribution in [0, 0.1) is 0 Å². The lowest BCUT2D eigenvalue weighted by atomic mass is 10.1. The van der Waals surface area contributed by atoms with Gasteiger partial charge in [0.2, 0.25) is 5.89 Å². The van der Waals surface area contributed by atoms with Gasteiger partial charge in [-0.1, -0.05) is 0 Å². The Morgan fingerprint density at radius 1 is 1.19 bits per heavy atom. The molecule has 1 aromatic carbocycles. The van der Waals surface area contributed by atoms with Crippen molar-refractivity contribution in [2.75, 3.05) is 21.3 Å². The first-order valence-electron chi connectivity index (χ1n) is 7.97. The van der Waals surface area contributed by atoms with Crippen molar-refractivity contribution in [3.63, 3.8) is 0 Å². The summed E-state index contributed by atoms with van der Waals surface area (Å²) in [4.78, 5) is 30.1. The molecule has 2 aromatic rings. The van der Waals surface area contributed by atoms with Crippen LogP contribution in [0.15, 0.2) is 28.9 Å². The van der Waals surface area contributed by atoms with Crippen molar-refractivity contribution >= 4 is 11.9 Å². The van der Waals surface area contributed by atoms with Crippen LogP contribution in [0.2, 0.25) is 0 Å². The zero-order valence-electron chi connectivity index (χ0n) is 15.4. The quantitative estimate of drug-likeness (QED) is 0.699. The molecule has 0 bridgehead atoms. The average Bonchev–Trinajstić information content (AvgIpc) is 3.12. The van der Waals surface area contributed by atoms with Gasteiger partial charge in [0, 0.05) is 12.1 Å². The number of oxazole rings is 1. The van der Waals surface area contributed by atoms with E-state index in [1.54, 1.807) is 23.1 Å². The fourth-order valence-electron chi connectivity index (χ4n) is 2.35. The minimum absolute atomic E-state index is 0.0562. The SMILES string of the molecule is COC(=O)c1coc(CN(C(=O)c2ccc(OC)cc2OC)C(C)C)n1. The zero-order chi connectivity index (χ0) is 19.3. The highest BCUT2D eigenvalue weighted by Gasteiger charge is 2.25. The van der Waals surface area contributed by atoms with Crippen molar-refractivity contribution in [1.29, 1.82) is 0 Å². The number of hydrogen-bond acceptors (Lipinski definition) is 7. The number of carbonyl (C=O) groups excluding carboxylic acids is 2. The van der Waals surface area contributed by atoms with E-state index in [4.69, 9.17) is 13.9 Å². The molecule has 0 fully saturated rings. The standard InChI is InChI=1S/C18H22N2O6/c1-11(2)20(9-16-19-14(10-26-16)18(22)25-5)17(21)13-7-6-12(23-3)8-15(13)24-4/h6-8,10-11H,9H2,1-5H3. The number of methoxy groups -OCH3 is 3. The van der Waals surface area contributed by atoms with Crippen molar-refractivity contribution in [3.8, 4) is 11.5 Å². The minimum Gasteiger partial charge on any atom is -0.497 e. The first kappa shape index (κ1) is 19.3. The predicted octanol–water partition coefficient (Wildman–Crippen LogP) is 2.53. The van der Waals surface area contributed by atoms with E-state index < -0.39 is 5.97 Å². The van der Waals surface area contributed by atoms with Crippen molar-refractivity contribution in [1.82, 2.24) is 9.88 Å². The Bertz CT molecular complexity index is 784. The summed E-state index contributed by atoms with van der Waals surface area (Å²) in [5.74, 6) is 0.379. The van der Waals surface area contributed by atoms with E-state index in [0.29, 0.717) is 17.1 Å². The molecule has 0 aliphatic rings. The molecule has 0 aliphatic carbocycles. The Balaban J connectivity index is 2.28. The van der Waals surface area contributed by atoms with Gasteiger partial charge in [-0.3, -0.25) is 4.79 Å². The maximum absolute atomic E-state index is 13.0. The third kappa shape index (κ3) is 4.14. The highest BCUT2D eigenvalue weighted by molar-refractivity contribution is 5.97. The van der Waals surface area contributed by atoms with Gasteiger partial charge in [0.05, 0.1) is 33.4 Å². The molecule has 1 amide bonds. The summed E-state index contributed by atoms with van der Waals surface area (Å²) >= 11 is 0. The van der Waals surface area contributed by atoms with Gasteiger partial charge in [-0.05, 0) is 26.0 Å². The Morgan fingerprint density at radius 3 is 2.50 bits per heavy atom. The lowest BCUT2D eigenvalue weighted by Crippen LogP contribution is -2.36. The zero-order valence-corrected chi connectivity index (χ0v) is 15.4. The third-order valence-corrected chi connectivity index (χ3v) is 3.78. The van der Waals surface area contributed by atoms with Crippen LogP contribution < -0.4 is 9.47 Å². The van der Waals surface area contributed by atoms with E-state index in [9.17, 15) is 9.59 Å². The van der Waals surface area contributed by atoms with E-state index >= 15 is 0 Å². The van der Waals surface area contributed by atoms with Crippen molar-refractivity contribution < 1.29 is 28.2 Å². The molecule has 0 saturated carbocycles. The van der Waals surface area contributed by atoms with Crippen LogP contribution in [-0.2, 0) is 11.3 Å². The lowest BCUT2D eigenvalue weighted by Gasteiger charge is -2.26. The van der Waals surface area contributed by atoms with Gasteiger partial charge in [-0.15, -0.1) is 0 Å². The number of amides is 1. The molecule has 26 heavy (non-hydrogen) atoms. The Labute approximate surface area is 151 Å². The molecular formula is C18H22N2O6. The Kier molecular flexibility index (Phi) is 6.21. The average molecular weight is 362 g/mol. The normalized spacial score (nSPS) is 10.5. The van der Waals surface area contributed by atoms with Gasteiger partial charge >= 0.3 is 5.97 Å². The molecule has 1 heterocycles. The van der Waals surface area contributed by atoms with Crippen LogP contribution in [0.25, 0.3) is 0 Å². The van der Waals surface area contributed by atoms with E-state index in [1.165, 1.54) is 27.6 Å². The second kappa shape index (κ2) is 8.37. The number of benzene rings is 1. The molecule has 0 N–H and O–H groups in total. The summed E-state index contributed by atoms with van der Waals surface area (Å²) in [6.45, 7) is 3.85. The fraction of sp³-hybridized carbons (Fsp3) is 0.389. The highest BCUT2D eigenvalue weighted by atomic mass is 16.5. The first-order chi connectivity index (χ1) is 12.4. The topological polar surface area (TPSA) is 91.1 Å². The van der Waals surface area contributed by atoms with Crippen molar-refractivity contribution in [2.45, 2.75) is 26.4 Å². The second-order valence-corrected chi connectivity index (χ2v) is 5.71.